The van der Waals surface area contributed by atoms with E-state index in [4.69, 9.17) is 39.5 Å². The van der Waals surface area contributed by atoms with Crippen LogP contribution in [-0.4, -0.2) is 0 Å². The first kappa shape index (κ1) is 14.0. The lowest BCUT2D eigenvalue weighted by molar-refractivity contribution is 0.483. The highest BCUT2D eigenvalue weighted by Crippen LogP contribution is 2.33. The van der Waals surface area contributed by atoms with Gasteiger partial charge in [0.2, 0.25) is 0 Å². The van der Waals surface area contributed by atoms with Crippen molar-refractivity contribution in [2.45, 2.75) is 5.33 Å². The third kappa shape index (κ3) is 3.33. The molecule has 0 aliphatic rings. The van der Waals surface area contributed by atoms with Crippen LogP contribution in [0.4, 0.5) is 0 Å². The van der Waals surface area contributed by atoms with E-state index >= 15 is 0 Å². The Morgan fingerprint density at radius 3 is 2.39 bits per heavy atom. The van der Waals surface area contributed by atoms with E-state index in [-0.39, 0.29) is 0 Å². The second-order valence-corrected chi connectivity index (χ2v) is 5.38. The van der Waals surface area contributed by atoms with Crippen LogP contribution in [-0.2, 0) is 5.33 Å². The van der Waals surface area contributed by atoms with Crippen molar-refractivity contribution in [2.24, 2.45) is 0 Å². The lowest BCUT2D eigenvalue weighted by atomic mass is 10.2. The Bertz CT molecular complexity index is 572. The smallest absolute Gasteiger partial charge is 0.147 e. The van der Waals surface area contributed by atoms with Gasteiger partial charge in [-0.2, -0.15) is 0 Å². The molecule has 94 valence electrons. The van der Waals surface area contributed by atoms with Crippen LogP contribution in [0, 0.1) is 0 Å². The molecular weight excluding hydrogens is 358 g/mol. The average molecular weight is 366 g/mol. The van der Waals surface area contributed by atoms with Crippen LogP contribution in [0.15, 0.2) is 36.4 Å². The van der Waals surface area contributed by atoms with E-state index in [1.54, 1.807) is 24.3 Å². The highest BCUT2D eigenvalue weighted by atomic mass is 79.9. The molecule has 2 rings (SSSR count). The summed E-state index contributed by atoms with van der Waals surface area (Å²) in [7, 11) is 0. The van der Waals surface area contributed by atoms with Gasteiger partial charge in [-0.05, 0) is 29.8 Å². The minimum absolute atomic E-state index is 0.500. The standard InChI is InChI=1S/C13H8BrCl3O/c14-7-8-1-3-10(6-12(8)17)18-13-5-9(15)2-4-11(13)16/h1-6H,7H2. The van der Waals surface area contributed by atoms with E-state index in [0.29, 0.717) is 31.9 Å². The fourth-order valence-electron chi connectivity index (χ4n) is 1.38. The van der Waals surface area contributed by atoms with Gasteiger partial charge in [0.1, 0.15) is 11.5 Å². The highest BCUT2D eigenvalue weighted by Gasteiger charge is 2.06. The van der Waals surface area contributed by atoms with E-state index < -0.39 is 0 Å². The minimum Gasteiger partial charge on any atom is -0.456 e. The van der Waals surface area contributed by atoms with Crippen molar-refractivity contribution in [1.29, 1.82) is 0 Å². The monoisotopic (exact) mass is 364 g/mol. The maximum Gasteiger partial charge on any atom is 0.147 e. The summed E-state index contributed by atoms with van der Waals surface area (Å²) in [4.78, 5) is 0. The molecule has 0 saturated heterocycles. The number of hydrogen-bond donors (Lipinski definition) is 0. The van der Waals surface area contributed by atoms with Gasteiger partial charge in [-0.25, -0.2) is 0 Å². The lowest BCUT2D eigenvalue weighted by Gasteiger charge is -2.09. The molecule has 0 amide bonds. The SMILES string of the molecule is Clc1ccc(Cl)c(Oc2ccc(CBr)c(Cl)c2)c1. The zero-order valence-electron chi connectivity index (χ0n) is 9.09. The van der Waals surface area contributed by atoms with E-state index in [2.05, 4.69) is 15.9 Å². The van der Waals surface area contributed by atoms with Crippen LogP contribution in [0.25, 0.3) is 0 Å². The maximum atomic E-state index is 6.10. The molecule has 1 nitrogen and oxygen atoms in total. The predicted octanol–water partition coefficient (Wildman–Crippen LogP) is 6.33. The number of rotatable bonds is 3. The van der Waals surface area contributed by atoms with Gasteiger partial charge in [-0.15, -0.1) is 0 Å². The van der Waals surface area contributed by atoms with Crippen molar-refractivity contribution < 1.29 is 4.74 Å². The number of ether oxygens (including phenoxy) is 1. The van der Waals surface area contributed by atoms with Gasteiger partial charge in [0.25, 0.3) is 0 Å². The molecule has 2 aromatic rings. The molecule has 0 aliphatic heterocycles. The van der Waals surface area contributed by atoms with Gasteiger partial charge < -0.3 is 4.74 Å². The molecule has 0 N–H and O–H groups in total. The van der Waals surface area contributed by atoms with Crippen LogP contribution in [0.3, 0.4) is 0 Å². The first-order chi connectivity index (χ1) is 8.60. The predicted molar refractivity (Wildman–Crippen MR) is 80.6 cm³/mol. The van der Waals surface area contributed by atoms with Crippen LogP contribution < -0.4 is 4.74 Å². The van der Waals surface area contributed by atoms with E-state index in [1.807, 2.05) is 12.1 Å². The van der Waals surface area contributed by atoms with E-state index in [1.165, 1.54) is 0 Å². The molecule has 0 fully saturated rings. The third-order valence-electron chi connectivity index (χ3n) is 2.29. The molecule has 18 heavy (non-hydrogen) atoms. The first-order valence-electron chi connectivity index (χ1n) is 5.07. The molecule has 0 aromatic heterocycles. The summed E-state index contributed by atoms with van der Waals surface area (Å²) in [6.45, 7) is 0. The number of halogens is 4. The first-order valence-corrected chi connectivity index (χ1v) is 7.33. The second-order valence-electron chi connectivity index (χ2n) is 3.56. The van der Waals surface area contributed by atoms with Crippen LogP contribution >= 0.6 is 50.7 Å². The van der Waals surface area contributed by atoms with Crippen molar-refractivity contribution in [3.63, 3.8) is 0 Å². The molecule has 0 saturated carbocycles. The molecular formula is C13H8BrCl3O. The van der Waals surface area contributed by atoms with E-state index in [9.17, 15) is 0 Å². The summed E-state index contributed by atoms with van der Waals surface area (Å²) in [6, 6.07) is 10.5. The van der Waals surface area contributed by atoms with Crippen LogP contribution in [0.2, 0.25) is 15.1 Å². The molecule has 0 atom stereocenters. The summed E-state index contributed by atoms with van der Waals surface area (Å²) in [5.41, 5.74) is 1.00. The summed E-state index contributed by atoms with van der Waals surface area (Å²) in [6.07, 6.45) is 0. The Hall–Kier alpha value is -0.410. The number of alkyl halides is 1. The third-order valence-corrected chi connectivity index (χ3v) is 3.79. The molecule has 2 aromatic carbocycles. The number of hydrogen-bond acceptors (Lipinski definition) is 1. The fourth-order valence-corrected chi connectivity index (χ4v) is 2.59. The fraction of sp³-hybridized carbons (Fsp3) is 0.0769. The normalized spacial score (nSPS) is 10.4. The molecule has 5 heteroatoms. The quantitative estimate of drug-likeness (QED) is 0.576. The molecule has 0 heterocycles. The Morgan fingerprint density at radius 1 is 0.944 bits per heavy atom. The maximum absolute atomic E-state index is 6.10. The average Bonchev–Trinajstić information content (AvgIpc) is 2.34. The minimum atomic E-state index is 0.500. The number of benzene rings is 2. The Kier molecular flexibility index (Phi) is 4.79. The van der Waals surface area contributed by atoms with Crippen molar-refractivity contribution in [1.82, 2.24) is 0 Å². The second kappa shape index (κ2) is 6.16. The molecule has 0 spiro atoms. The van der Waals surface area contributed by atoms with Crippen molar-refractivity contribution in [2.75, 3.05) is 0 Å². The summed E-state index contributed by atoms with van der Waals surface area (Å²) in [5.74, 6) is 1.13. The van der Waals surface area contributed by atoms with Gasteiger partial charge in [0.05, 0.1) is 5.02 Å². The van der Waals surface area contributed by atoms with Gasteiger partial charge in [0, 0.05) is 21.4 Å². The molecule has 0 unspecified atom stereocenters. The van der Waals surface area contributed by atoms with Crippen LogP contribution in [0.1, 0.15) is 5.56 Å². The molecule has 0 aliphatic carbocycles. The molecule has 0 radical (unpaired) electrons. The van der Waals surface area contributed by atoms with Gasteiger partial charge >= 0.3 is 0 Å². The van der Waals surface area contributed by atoms with Gasteiger partial charge in [0.15, 0.2) is 0 Å². The largest absolute Gasteiger partial charge is 0.456 e. The van der Waals surface area contributed by atoms with Crippen molar-refractivity contribution >= 4 is 50.7 Å². The Morgan fingerprint density at radius 2 is 1.72 bits per heavy atom. The van der Waals surface area contributed by atoms with Crippen molar-refractivity contribution in [3.8, 4) is 11.5 Å². The van der Waals surface area contributed by atoms with Crippen LogP contribution in [0.5, 0.6) is 11.5 Å². The zero-order valence-corrected chi connectivity index (χ0v) is 12.9. The van der Waals surface area contributed by atoms with Gasteiger partial charge in [-0.1, -0.05) is 56.8 Å². The van der Waals surface area contributed by atoms with Gasteiger partial charge in [-0.3, -0.25) is 0 Å². The highest BCUT2D eigenvalue weighted by molar-refractivity contribution is 9.08. The lowest BCUT2D eigenvalue weighted by Crippen LogP contribution is -1.87. The summed E-state index contributed by atoms with van der Waals surface area (Å²) < 4.78 is 5.65. The topological polar surface area (TPSA) is 9.23 Å². The zero-order chi connectivity index (χ0) is 13.1. The van der Waals surface area contributed by atoms with E-state index in [0.717, 1.165) is 5.56 Å². The Balaban J connectivity index is 2.28. The van der Waals surface area contributed by atoms with Crippen molar-refractivity contribution in [3.05, 3.63) is 57.0 Å². The summed E-state index contributed by atoms with van der Waals surface area (Å²) >= 11 is 21.4. The molecule has 0 bridgehead atoms. The Labute approximate surface area is 129 Å². The summed E-state index contributed by atoms with van der Waals surface area (Å²) in [5, 5.41) is 2.41.